The molecule has 0 bridgehead atoms. The van der Waals surface area contributed by atoms with Crippen LogP contribution in [0.25, 0.3) is 0 Å². The van der Waals surface area contributed by atoms with Gasteiger partial charge in [0.1, 0.15) is 0 Å². The molecule has 1 aliphatic rings. The Kier molecular flexibility index (Phi) is 4.59. The third-order valence-corrected chi connectivity index (χ3v) is 4.25. The average molecular weight is 260 g/mol. The van der Waals surface area contributed by atoms with Gasteiger partial charge < -0.3 is 10.6 Å². The van der Waals surface area contributed by atoms with E-state index in [-0.39, 0.29) is 11.3 Å². The van der Waals surface area contributed by atoms with Crippen molar-refractivity contribution < 1.29 is 4.79 Å². The van der Waals surface area contributed by atoms with Crippen LogP contribution in [-0.4, -0.2) is 26.0 Å². The molecule has 2 N–H and O–H groups in total. The van der Waals surface area contributed by atoms with Crippen molar-refractivity contribution in [2.45, 2.75) is 32.6 Å². The van der Waals surface area contributed by atoms with Gasteiger partial charge in [0.05, 0.1) is 5.41 Å². The maximum Gasteiger partial charge on any atom is 0.227 e. The first-order chi connectivity index (χ1) is 9.18. The SMILES string of the molecule is CNCC1(C(=O)NCCc2ccccc2C)CCC1. The molecule has 1 fully saturated rings. The molecule has 0 aliphatic heterocycles. The molecular weight excluding hydrogens is 236 g/mol. The van der Waals surface area contributed by atoms with Crippen LogP contribution in [0.1, 0.15) is 30.4 Å². The van der Waals surface area contributed by atoms with Gasteiger partial charge >= 0.3 is 0 Å². The van der Waals surface area contributed by atoms with Crippen LogP contribution in [0.4, 0.5) is 0 Å². The van der Waals surface area contributed by atoms with E-state index in [9.17, 15) is 4.79 Å². The van der Waals surface area contributed by atoms with Crippen molar-refractivity contribution in [2.24, 2.45) is 5.41 Å². The average Bonchev–Trinajstić information content (AvgIpc) is 2.36. The van der Waals surface area contributed by atoms with Gasteiger partial charge in [0.15, 0.2) is 0 Å². The predicted octanol–water partition coefficient (Wildman–Crippen LogP) is 2.04. The fourth-order valence-corrected chi connectivity index (χ4v) is 2.81. The van der Waals surface area contributed by atoms with Gasteiger partial charge in [0, 0.05) is 13.1 Å². The Morgan fingerprint density at radius 1 is 1.32 bits per heavy atom. The van der Waals surface area contributed by atoms with Crippen LogP contribution in [-0.2, 0) is 11.2 Å². The van der Waals surface area contributed by atoms with Crippen molar-refractivity contribution in [1.82, 2.24) is 10.6 Å². The highest BCUT2D eigenvalue weighted by molar-refractivity contribution is 5.83. The van der Waals surface area contributed by atoms with Crippen molar-refractivity contribution in [3.8, 4) is 0 Å². The minimum absolute atomic E-state index is 0.138. The summed E-state index contributed by atoms with van der Waals surface area (Å²) in [4.78, 5) is 12.3. The molecule has 104 valence electrons. The van der Waals surface area contributed by atoms with Crippen LogP contribution in [0.2, 0.25) is 0 Å². The van der Waals surface area contributed by atoms with Gasteiger partial charge in [0.2, 0.25) is 5.91 Å². The van der Waals surface area contributed by atoms with E-state index in [0.29, 0.717) is 0 Å². The third-order valence-electron chi connectivity index (χ3n) is 4.25. The summed E-state index contributed by atoms with van der Waals surface area (Å²) in [6.45, 7) is 3.64. The molecule has 19 heavy (non-hydrogen) atoms. The van der Waals surface area contributed by atoms with Crippen molar-refractivity contribution >= 4 is 5.91 Å². The number of rotatable bonds is 6. The predicted molar refractivity (Wildman–Crippen MR) is 78.1 cm³/mol. The summed E-state index contributed by atoms with van der Waals surface area (Å²) >= 11 is 0. The molecule has 0 heterocycles. The number of hydrogen-bond donors (Lipinski definition) is 2. The molecular formula is C16H24N2O. The summed E-state index contributed by atoms with van der Waals surface area (Å²) < 4.78 is 0. The maximum absolute atomic E-state index is 12.3. The van der Waals surface area contributed by atoms with E-state index >= 15 is 0 Å². The van der Waals surface area contributed by atoms with Gasteiger partial charge in [0.25, 0.3) is 0 Å². The zero-order chi connectivity index (χ0) is 13.7. The minimum atomic E-state index is -0.138. The van der Waals surface area contributed by atoms with E-state index in [1.807, 2.05) is 13.1 Å². The lowest BCUT2D eigenvalue weighted by atomic mass is 9.68. The molecule has 1 amide bonds. The van der Waals surface area contributed by atoms with Gasteiger partial charge in [-0.05, 0) is 44.4 Å². The summed E-state index contributed by atoms with van der Waals surface area (Å²) in [7, 11) is 1.92. The molecule has 0 saturated heterocycles. The second-order valence-electron chi connectivity index (χ2n) is 5.60. The standard InChI is InChI=1S/C16H24N2O/c1-13-6-3-4-7-14(13)8-11-18-15(19)16(12-17-2)9-5-10-16/h3-4,6-7,17H,5,8-12H2,1-2H3,(H,18,19). The largest absolute Gasteiger partial charge is 0.355 e. The monoisotopic (exact) mass is 260 g/mol. The van der Waals surface area contributed by atoms with E-state index in [1.54, 1.807) is 0 Å². The Bertz CT molecular complexity index is 438. The van der Waals surface area contributed by atoms with Crippen LogP contribution < -0.4 is 10.6 Å². The Morgan fingerprint density at radius 2 is 2.05 bits per heavy atom. The molecule has 1 aliphatic carbocycles. The van der Waals surface area contributed by atoms with Crippen molar-refractivity contribution in [2.75, 3.05) is 20.1 Å². The molecule has 0 atom stereocenters. The second-order valence-corrected chi connectivity index (χ2v) is 5.60. The summed E-state index contributed by atoms with van der Waals surface area (Å²) in [5, 5.41) is 6.25. The highest BCUT2D eigenvalue weighted by atomic mass is 16.2. The smallest absolute Gasteiger partial charge is 0.227 e. The number of amides is 1. The van der Waals surface area contributed by atoms with Gasteiger partial charge in [-0.1, -0.05) is 30.7 Å². The van der Waals surface area contributed by atoms with Crippen molar-refractivity contribution in [3.63, 3.8) is 0 Å². The molecule has 1 saturated carbocycles. The lowest BCUT2D eigenvalue weighted by molar-refractivity contribution is -0.135. The fraction of sp³-hybridized carbons (Fsp3) is 0.562. The van der Waals surface area contributed by atoms with Crippen LogP contribution in [0.3, 0.4) is 0 Å². The number of carbonyl (C=O) groups excluding carboxylic acids is 1. The normalized spacial score (nSPS) is 16.7. The second kappa shape index (κ2) is 6.20. The van der Waals surface area contributed by atoms with Gasteiger partial charge in [-0.3, -0.25) is 4.79 Å². The lowest BCUT2D eigenvalue weighted by Crippen LogP contribution is -2.51. The third kappa shape index (κ3) is 3.16. The molecule has 0 spiro atoms. The number of carbonyl (C=O) groups is 1. The van der Waals surface area contributed by atoms with Gasteiger partial charge in [-0.2, -0.15) is 0 Å². The minimum Gasteiger partial charge on any atom is -0.355 e. The van der Waals surface area contributed by atoms with Crippen molar-refractivity contribution in [1.29, 1.82) is 0 Å². The molecule has 1 aromatic carbocycles. The molecule has 0 unspecified atom stereocenters. The van der Waals surface area contributed by atoms with Crippen LogP contribution in [0.15, 0.2) is 24.3 Å². The van der Waals surface area contributed by atoms with Crippen LogP contribution in [0.5, 0.6) is 0 Å². The molecule has 0 radical (unpaired) electrons. The summed E-state index contributed by atoms with van der Waals surface area (Å²) in [6, 6.07) is 8.35. The van der Waals surface area contributed by atoms with E-state index in [1.165, 1.54) is 17.5 Å². The first-order valence-corrected chi connectivity index (χ1v) is 7.15. The number of nitrogens with one attached hydrogen (secondary N) is 2. The highest BCUT2D eigenvalue weighted by Gasteiger charge is 2.43. The Balaban J connectivity index is 1.82. The Morgan fingerprint density at radius 3 is 2.63 bits per heavy atom. The fourth-order valence-electron chi connectivity index (χ4n) is 2.81. The summed E-state index contributed by atoms with van der Waals surface area (Å²) in [6.07, 6.45) is 4.12. The molecule has 1 aromatic rings. The van der Waals surface area contributed by atoms with E-state index in [0.717, 1.165) is 32.4 Å². The number of benzene rings is 1. The van der Waals surface area contributed by atoms with Gasteiger partial charge in [-0.25, -0.2) is 0 Å². The topological polar surface area (TPSA) is 41.1 Å². The van der Waals surface area contributed by atoms with Crippen molar-refractivity contribution in [3.05, 3.63) is 35.4 Å². The first-order valence-electron chi connectivity index (χ1n) is 7.15. The van der Waals surface area contributed by atoms with E-state index in [2.05, 4.69) is 35.8 Å². The van der Waals surface area contributed by atoms with E-state index in [4.69, 9.17) is 0 Å². The quantitative estimate of drug-likeness (QED) is 0.822. The zero-order valence-electron chi connectivity index (χ0n) is 12.0. The molecule has 3 heteroatoms. The molecule has 3 nitrogen and oxygen atoms in total. The maximum atomic E-state index is 12.3. The molecule has 2 rings (SSSR count). The summed E-state index contributed by atoms with van der Waals surface area (Å²) in [5.74, 6) is 0.224. The number of aryl methyl sites for hydroxylation is 1. The van der Waals surface area contributed by atoms with E-state index < -0.39 is 0 Å². The molecule has 0 aromatic heterocycles. The number of hydrogen-bond acceptors (Lipinski definition) is 2. The summed E-state index contributed by atoms with van der Waals surface area (Å²) in [5.41, 5.74) is 2.48. The zero-order valence-corrected chi connectivity index (χ0v) is 12.0. The van der Waals surface area contributed by atoms with Crippen LogP contribution in [0, 0.1) is 12.3 Å². The first kappa shape index (κ1) is 14.1. The highest BCUT2D eigenvalue weighted by Crippen LogP contribution is 2.40. The van der Waals surface area contributed by atoms with Crippen LogP contribution >= 0.6 is 0 Å². The van der Waals surface area contributed by atoms with Gasteiger partial charge in [-0.15, -0.1) is 0 Å². The Labute approximate surface area is 115 Å². The Hall–Kier alpha value is -1.35. The lowest BCUT2D eigenvalue weighted by Gasteiger charge is -2.40.